The van der Waals surface area contributed by atoms with E-state index in [0.29, 0.717) is 17.5 Å². The lowest BCUT2D eigenvalue weighted by atomic mass is 9.82. The number of benzene rings is 8. The van der Waals surface area contributed by atoms with Gasteiger partial charge in [-0.15, -0.1) is 0 Å². The monoisotopic (exact) mass is 665 g/mol. The molecule has 2 heterocycles. The van der Waals surface area contributed by atoms with Gasteiger partial charge in [0.25, 0.3) is 0 Å². The highest BCUT2D eigenvalue weighted by Gasteiger charge is 2.35. The summed E-state index contributed by atoms with van der Waals surface area (Å²) in [6, 6.07) is 53.6. The first-order chi connectivity index (χ1) is 25.5. The van der Waals surface area contributed by atoms with Crippen molar-refractivity contribution < 1.29 is 4.42 Å². The van der Waals surface area contributed by atoms with E-state index in [0.717, 1.165) is 44.0 Å². The maximum Gasteiger partial charge on any atom is 0.164 e. The molecule has 0 N–H and O–H groups in total. The number of para-hydroxylation sites is 1. The van der Waals surface area contributed by atoms with Crippen LogP contribution in [0.5, 0.6) is 0 Å². The lowest BCUT2D eigenvalue weighted by Gasteiger charge is -2.21. The highest BCUT2D eigenvalue weighted by Crippen LogP contribution is 2.49. The number of furan rings is 1. The molecule has 0 unspecified atom stereocenters. The second-order valence-corrected chi connectivity index (χ2v) is 14.4. The summed E-state index contributed by atoms with van der Waals surface area (Å²) < 4.78 is 6.32. The fourth-order valence-electron chi connectivity index (χ4n) is 8.61. The number of aromatic nitrogens is 3. The molecule has 0 saturated heterocycles. The van der Waals surface area contributed by atoms with Crippen LogP contribution >= 0.6 is 0 Å². The zero-order valence-corrected chi connectivity index (χ0v) is 28.7. The van der Waals surface area contributed by atoms with E-state index in [-0.39, 0.29) is 5.41 Å². The minimum atomic E-state index is -0.0710. The molecule has 8 aromatic carbocycles. The molecule has 0 saturated carbocycles. The van der Waals surface area contributed by atoms with Crippen molar-refractivity contribution in [2.75, 3.05) is 0 Å². The summed E-state index contributed by atoms with van der Waals surface area (Å²) in [5, 5.41) is 9.42. The molecule has 4 heteroatoms. The molecule has 0 spiro atoms. The summed E-state index contributed by atoms with van der Waals surface area (Å²) in [7, 11) is 0. The molecule has 0 radical (unpaired) electrons. The largest absolute Gasteiger partial charge is 0.456 e. The molecule has 10 aromatic rings. The maximum atomic E-state index is 6.32. The minimum Gasteiger partial charge on any atom is -0.456 e. The molecule has 11 rings (SSSR count). The Morgan fingerprint density at radius 2 is 0.962 bits per heavy atom. The standard InChI is InChI=1S/C48H31N3O/c1-48(2)39-18-10-8-15-33(39)38-27-30(21-24-40(38)48)47-50-45(28-12-4-3-5-13-28)49-46(51-47)29-20-22-32-35-23-25-42-44(36-17-9-11-19-41(36)52-42)43(35)34-16-7-6-14-31(34)37(32)26-29/h3-27H,1-2H3. The van der Waals surface area contributed by atoms with Crippen LogP contribution in [0.4, 0.5) is 0 Å². The highest BCUT2D eigenvalue weighted by molar-refractivity contribution is 6.34. The molecule has 0 fully saturated rings. The van der Waals surface area contributed by atoms with Gasteiger partial charge in [0.15, 0.2) is 17.5 Å². The van der Waals surface area contributed by atoms with Crippen molar-refractivity contribution in [1.29, 1.82) is 0 Å². The third kappa shape index (κ3) is 4.12. The van der Waals surface area contributed by atoms with Gasteiger partial charge in [0, 0.05) is 38.3 Å². The van der Waals surface area contributed by atoms with Crippen molar-refractivity contribution in [1.82, 2.24) is 15.0 Å². The summed E-state index contributed by atoms with van der Waals surface area (Å²) >= 11 is 0. The normalized spacial score (nSPS) is 13.3. The molecule has 0 aliphatic heterocycles. The SMILES string of the molecule is CC1(C)c2ccccc2-c2cc(-c3nc(-c4ccccc4)nc(-c4ccc5c(c4)c4ccccc4c4c5ccc5oc6ccccc6c54)n3)ccc21. The van der Waals surface area contributed by atoms with Gasteiger partial charge >= 0.3 is 0 Å². The van der Waals surface area contributed by atoms with Gasteiger partial charge in [0.1, 0.15) is 11.2 Å². The van der Waals surface area contributed by atoms with Crippen molar-refractivity contribution in [2.45, 2.75) is 19.3 Å². The van der Waals surface area contributed by atoms with Crippen molar-refractivity contribution >= 4 is 54.3 Å². The van der Waals surface area contributed by atoms with E-state index in [1.54, 1.807) is 0 Å². The topological polar surface area (TPSA) is 51.8 Å². The predicted molar refractivity (Wildman–Crippen MR) is 213 cm³/mol. The first kappa shape index (κ1) is 29.1. The average molecular weight is 666 g/mol. The Kier molecular flexibility index (Phi) is 5.98. The summed E-state index contributed by atoms with van der Waals surface area (Å²) in [5.41, 5.74) is 9.79. The van der Waals surface area contributed by atoms with Crippen LogP contribution in [0.1, 0.15) is 25.0 Å². The van der Waals surface area contributed by atoms with Gasteiger partial charge in [-0.2, -0.15) is 0 Å². The number of hydrogen-bond donors (Lipinski definition) is 0. The Labute approximate surface area is 300 Å². The van der Waals surface area contributed by atoms with Crippen LogP contribution in [0, 0.1) is 0 Å². The van der Waals surface area contributed by atoms with E-state index in [2.05, 4.69) is 135 Å². The van der Waals surface area contributed by atoms with Crippen LogP contribution in [0.15, 0.2) is 156 Å². The van der Waals surface area contributed by atoms with Gasteiger partial charge < -0.3 is 4.42 Å². The third-order valence-electron chi connectivity index (χ3n) is 11.1. The molecule has 1 aliphatic rings. The van der Waals surface area contributed by atoms with Gasteiger partial charge in [0.2, 0.25) is 0 Å². The van der Waals surface area contributed by atoms with E-state index >= 15 is 0 Å². The molecular weight excluding hydrogens is 635 g/mol. The quantitative estimate of drug-likeness (QED) is 0.176. The van der Waals surface area contributed by atoms with Crippen molar-refractivity contribution in [3.63, 3.8) is 0 Å². The highest BCUT2D eigenvalue weighted by atomic mass is 16.3. The molecule has 0 bridgehead atoms. The zero-order chi connectivity index (χ0) is 34.6. The van der Waals surface area contributed by atoms with Crippen molar-refractivity contribution in [3.8, 4) is 45.3 Å². The van der Waals surface area contributed by atoms with Crippen LogP contribution in [0.25, 0.3) is 99.5 Å². The van der Waals surface area contributed by atoms with E-state index in [4.69, 9.17) is 19.4 Å². The number of rotatable bonds is 3. The lowest BCUT2D eigenvalue weighted by Crippen LogP contribution is -2.14. The van der Waals surface area contributed by atoms with Gasteiger partial charge in [-0.3, -0.25) is 0 Å². The van der Waals surface area contributed by atoms with Crippen molar-refractivity contribution in [3.05, 3.63) is 163 Å². The van der Waals surface area contributed by atoms with Crippen LogP contribution in [0.3, 0.4) is 0 Å². The van der Waals surface area contributed by atoms with E-state index in [9.17, 15) is 0 Å². The Morgan fingerprint density at radius 3 is 1.79 bits per heavy atom. The fraction of sp³-hybridized carbons (Fsp3) is 0.0625. The maximum absolute atomic E-state index is 6.32. The lowest BCUT2D eigenvalue weighted by molar-refractivity contribution is 0.660. The average Bonchev–Trinajstić information content (AvgIpc) is 3.69. The Hall–Kier alpha value is -6.65. The second kappa shape index (κ2) is 10.7. The second-order valence-electron chi connectivity index (χ2n) is 14.4. The first-order valence-electron chi connectivity index (χ1n) is 17.8. The fourth-order valence-corrected chi connectivity index (χ4v) is 8.61. The molecular formula is C48H31N3O. The van der Waals surface area contributed by atoms with Crippen LogP contribution in [-0.2, 0) is 5.41 Å². The van der Waals surface area contributed by atoms with Crippen LogP contribution in [-0.4, -0.2) is 15.0 Å². The summed E-state index contributed by atoms with van der Waals surface area (Å²) in [4.78, 5) is 15.4. The zero-order valence-electron chi connectivity index (χ0n) is 28.7. The van der Waals surface area contributed by atoms with Gasteiger partial charge in [-0.25, -0.2) is 15.0 Å². The number of fused-ring (bicyclic) bond motifs is 13. The first-order valence-corrected chi connectivity index (χ1v) is 17.8. The van der Waals surface area contributed by atoms with E-state index in [1.165, 1.54) is 49.2 Å². The molecule has 52 heavy (non-hydrogen) atoms. The van der Waals surface area contributed by atoms with Gasteiger partial charge in [-0.1, -0.05) is 135 Å². The van der Waals surface area contributed by atoms with Gasteiger partial charge in [-0.05, 0) is 79.5 Å². The number of hydrogen-bond acceptors (Lipinski definition) is 4. The van der Waals surface area contributed by atoms with E-state index < -0.39 is 0 Å². The molecule has 0 atom stereocenters. The summed E-state index contributed by atoms with van der Waals surface area (Å²) in [6.07, 6.45) is 0. The van der Waals surface area contributed by atoms with Crippen LogP contribution in [0.2, 0.25) is 0 Å². The molecule has 0 amide bonds. The Balaban J connectivity index is 1.15. The molecule has 2 aromatic heterocycles. The third-order valence-corrected chi connectivity index (χ3v) is 11.1. The molecule has 244 valence electrons. The van der Waals surface area contributed by atoms with Crippen LogP contribution < -0.4 is 0 Å². The predicted octanol–water partition coefficient (Wildman–Crippen LogP) is 12.5. The summed E-state index contributed by atoms with van der Waals surface area (Å²) in [6.45, 7) is 4.61. The minimum absolute atomic E-state index is 0.0710. The van der Waals surface area contributed by atoms with Gasteiger partial charge in [0.05, 0.1) is 0 Å². The summed E-state index contributed by atoms with van der Waals surface area (Å²) in [5.74, 6) is 1.96. The Morgan fingerprint density at radius 1 is 0.385 bits per heavy atom. The van der Waals surface area contributed by atoms with E-state index in [1.807, 2.05) is 30.3 Å². The molecule has 1 aliphatic carbocycles. The smallest absolute Gasteiger partial charge is 0.164 e. The van der Waals surface area contributed by atoms with Crippen molar-refractivity contribution in [2.24, 2.45) is 0 Å². The number of nitrogens with zero attached hydrogens (tertiary/aromatic N) is 3. The Bertz CT molecular complexity index is 3080. The molecule has 4 nitrogen and oxygen atoms in total.